The molecule has 0 heterocycles. The van der Waals surface area contributed by atoms with Gasteiger partial charge in [-0.1, -0.05) is 12.5 Å². The molecule has 1 saturated carbocycles. The predicted molar refractivity (Wildman–Crippen MR) is 114 cm³/mol. The number of ether oxygens (including phenoxy) is 2. The van der Waals surface area contributed by atoms with E-state index >= 15 is 0 Å². The van der Waals surface area contributed by atoms with Gasteiger partial charge in [-0.25, -0.2) is 4.39 Å². The van der Waals surface area contributed by atoms with E-state index in [1.165, 1.54) is 19.2 Å². The van der Waals surface area contributed by atoms with E-state index in [4.69, 9.17) is 9.47 Å². The third-order valence-corrected chi connectivity index (χ3v) is 5.93. The number of rotatable bonds is 7. The van der Waals surface area contributed by atoms with Crippen LogP contribution in [0.3, 0.4) is 0 Å². The second-order valence-electron chi connectivity index (χ2n) is 8.34. The van der Waals surface area contributed by atoms with Crippen molar-refractivity contribution in [3.05, 3.63) is 58.9 Å². The van der Waals surface area contributed by atoms with Crippen molar-refractivity contribution in [3.63, 3.8) is 0 Å². The van der Waals surface area contributed by atoms with Gasteiger partial charge in [0, 0.05) is 13.0 Å². The molecule has 3 rings (SSSR count). The molecule has 1 aliphatic carbocycles. The first-order valence-electron chi connectivity index (χ1n) is 10.9. The minimum Gasteiger partial charge on any atom is -0.491 e. The van der Waals surface area contributed by atoms with Crippen molar-refractivity contribution < 1.29 is 45.0 Å². The number of hydrogen-bond acceptors (Lipinski definition) is 3. The van der Waals surface area contributed by atoms with Gasteiger partial charge in [0.1, 0.15) is 18.2 Å². The summed E-state index contributed by atoms with van der Waals surface area (Å²) < 4.78 is 103. The zero-order valence-corrected chi connectivity index (χ0v) is 18.7. The van der Waals surface area contributed by atoms with Crippen LogP contribution in [0.25, 0.3) is 0 Å². The second-order valence-corrected chi connectivity index (χ2v) is 8.34. The van der Waals surface area contributed by atoms with E-state index in [0.29, 0.717) is 37.0 Å². The number of carbonyl (C=O) groups is 1. The average Bonchev–Trinajstić information content (AvgIpc) is 2.79. The Hall–Kier alpha value is -2.82. The first kappa shape index (κ1) is 26.8. The molecule has 0 radical (unpaired) electrons. The van der Waals surface area contributed by atoms with Crippen molar-refractivity contribution in [1.29, 1.82) is 0 Å². The van der Waals surface area contributed by atoms with Crippen molar-refractivity contribution in [2.45, 2.75) is 44.0 Å². The minimum atomic E-state index is -4.71. The Balaban J connectivity index is 1.74. The Morgan fingerprint density at radius 2 is 1.74 bits per heavy atom. The normalized spacial score (nSPS) is 18.9. The fourth-order valence-electron chi connectivity index (χ4n) is 4.14. The number of hydrogen-bond donors (Lipinski definition) is 1. The summed E-state index contributed by atoms with van der Waals surface area (Å²) in [6.45, 7) is 0.0329. The van der Waals surface area contributed by atoms with E-state index in [-0.39, 0.29) is 37.0 Å². The molecule has 0 aliphatic heterocycles. The molecule has 0 aromatic heterocycles. The smallest absolute Gasteiger partial charge is 0.419 e. The van der Waals surface area contributed by atoms with Gasteiger partial charge in [0.15, 0.2) is 0 Å². The van der Waals surface area contributed by atoms with Crippen molar-refractivity contribution in [3.8, 4) is 5.75 Å². The van der Waals surface area contributed by atoms with E-state index < -0.39 is 41.1 Å². The highest BCUT2D eigenvalue weighted by molar-refractivity contribution is 5.92. The molecule has 0 saturated heterocycles. The fourth-order valence-corrected chi connectivity index (χ4v) is 4.14. The maximum Gasteiger partial charge on any atom is 0.419 e. The van der Waals surface area contributed by atoms with E-state index in [0.717, 1.165) is 12.1 Å². The van der Waals surface area contributed by atoms with Crippen LogP contribution in [-0.2, 0) is 21.9 Å². The van der Waals surface area contributed by atoms with Gasteiger partial charge in [0.2, 0.25) is 5.91 Å². The molecular formula is C24H24F7NO3. The van der Waals surface area contributed by atoms with Crippen LogP contribution in [0.5, 0.6) is 5.75 Å². The lowest BCUT2D eigenvalue weighted by atomic mass is 9.77. The molecule has 0 bridgehead atoms. The maximum absolute atomic E-state index is 14.1. The Kier molecular flexibility index (Phi) is 8.30. The number of anilines is 1. The lowest BCUT2D eigenvalue weighted by molar-refractivity contribution is -0.139. The van der Waals surface area contributed by atoms with E-state index in [2.05, 4.69) is 5.32 Å². The lowest BCUT2D eigenvalue weighted by Crippen LogP contribution is -2.28. The fraction of sp³-hybridized carbons (Fsp3) is 0.458. The molecule has 1 aliphatic rings. The molecule has 2 unspecified atom stereocenters. The summed E-state index contributed by atoms with van der Waals surface area (Å²) >= 11 is 0. The summed E-state index contributed by atoms with van der Waals surface area (Å²) in [6.07, 6.45) is -7.35. The summed E-state index contributed by atoms with van der Waals surface area (Å²) in [5, 5.41) is 2.34. The van der Waals surface area contributed by atoms with Gasteiger partial charge in [-0.3, -0.25) is 4.79 Å². The SMILES string of the molecule is COCCOc1cc(C2CCCC(C(=O)Nc3ccc(C(F)(F)F)cc3F)C2)ccc1C(F)(F)F. The van der Waals surface area contributed by atoms with Crippen molar-refractivity contribution in [2.24, 2.45) is 5.92 Å². The lowest BCUT2D eigenvalue weighted by Gasteiger charge is -2.29. The van der Waals surface area contributed by atoms with Crippen molar-refractivity contribution >= 4 is 11.6 Å². The summed E-state index contributed by atoms with van der Waals surface area (Å²) in [4.78, 5) is 12.7. The highest BCUT2D eigenvalue weighted by atomic mass is 19.4. The monoisotopic (exact) mass is 507 g/mol. The predicted octanol–water partition coefficient (Wildman–Crippen LogP) is 6.80. The van der Waals surface area contributed by atoms with Crippen molar-refractivity contribution in [1.82, 2.24) is 0 Å². The number of carbonyl (C=O) groups excluding carboxylic acids is 1. The molecule has 1 N–H and O–H groups in total. The van der Waals surface area contributed by atoms with Gasteiger partial charge in [0.05, 0.1) is 23.4 Å². The largest absolute Gasteiger partial charge is 0.491 e. The first-order valence-corrected chi connectivity index (χ1v) is 10.9. The van der Waals surface area contributed by atoms with Gasteiger partial charge in [-0.15, -0.1) is 0 Å². The zero-order chi connectivity index (χ0) is 25.8. The summed E-state index contributed by atoms with van der Waals surface area (Å²) in [5.74, 6) is -2.93. The topological polar surface area (TPSA) is 47.6 Å². The highest BCUT2D eigenvalue weighted by Crippen LogP contribution is 2.42. The van der Waals surface area contributed by atoms with E-state index in [1.807, 2.05) is 0 Å². The Labute approximate surface area is 197 Å². The van der Waals surface area contributed by atoms with Gasteiger partial charge < -0.3 is 14.8 Å². The van der Waals surface area contributed by atoms with Crippen LogP contribution in [0.4, 0.5) is 36.4 Å². The van der Waals surface area contributed by atoms with E-state index in [1.54, 1.807) is 0 Å². The molecule has 1 amide bonds. The number of alkyl halides is 6. The minimum absolute atomic E-state index is 0.0720. The van der Waals surface area contributed by atoms with Gasteiger partial charge in [-0.05, 0) is 61.1 Å². The molecule has 2 atom stereocenters. The number of amides is 1. The Morgan fingerprint density at radius 1 is 1.00 bits per heavy atom. The quantitative estimate of drug-likeness (QED) is 0.331. The first-order chi connectivity index (χ1) is 16.4. The van der Waals surface area contributed by atoms with Crippen LogP contribution in [0, 0.1) is 11.7 Å². The summed E-state index contributed by atoms with van der Waals surface area (Å²) in [6, 6.07) is 5.46. The van der Waals surface area contributed by atoms with Gasteiger partial charge in [0.25, 0.3) is 0 Å². The van der Waals surface area contributed by atoms with Crippen LogP contribution in [0.1, 0.15) is 48.3 Å². The molecule has 35 heavy (non-hydrogen) atoms. The standard InChI is InChI=1S/C24H24F7NO3/c1-34-9-10-35-21-12-15(5-7-18(21)24(29,30)31)14-3-2-4-16(11-14)22(33)32-20-8-6-17(13-19(20)25)23(26,27)28/h5-8,12-14,16H,2-4,9-11H2,1H3,(H,32,33). The molecule has 2 aromatic rings. The molecule has 0 spiro atoms. The van der Waals surface area contributed by atoms with Crippen molar-refractivity contribution in [2.75, 3.05) is 25.6 Å². The molecule has 11 heteroatoms. The molecule has 1 fully saturated rings. The summed E-state index contributed by atoms with van der Waals surface area (Å²) in [5.41, 5.74) is -1.88. The zero-order valence-electron chi connectivity index (χ0n) is 18.7. The van der Waals surface area contributed by atoms with Gasteiger partial charge >= 0.3 is 12.4 Å². The molecular weight excluding hydrogens is 483 g/mol. The Bertz CT molecular complexity index is 1040. The number of benzene rings is 2. The van der Waals surface area contributed by atoms with E-state index in [9.17, 15) is 35.5 Å². The molecule has 192 valence electrons. The highest BCUT2D eigenvalue weighted by Gasteiger charge is 2.36. The van der Waals surface area contributed by atoms with Crippen LogP contribution in [0.15, 0.2) is 36.4 Å². The second kappa shape index (κ2) is 10.8. The average molecular weight is 507 g/mol. The van der Waals surface area contributed by atoms with Crippen LogP contribution >= 0.6 is 0 Å². The third-order valence-electron chi connectivity index (χ3n) is 5.93. The Morgan fingerprint density at radius 3 is 2.37 bits per heavy atom. The maximum atomic E-state index is 14.1. The molecule has 4 nitrogen and oxygen atoms in total. The summed E-state index contributed by atoms with van der Waals surface area (Å²) in [7, 11) is 1.40. The third kappa shape index (κ3) is 6.87. The van der Waals surface area contributed by atoms with Gasteiger partial charge in [-0.2, -0.15) is 26.3 Å². The van der Waals surface area contributed by atoms with Crippen LogP contribution in [-0.4, -0.2) is 26.2 Å². The number of methoxy groups -OCH3 is 1. The van der Waals surface area contributed by atoms with Crippen LogP contribution < -0.4 is 10.1 Å². The molecule has 2 aromatic carbocycles. The number of halogens is 7. The van der Waals surface area contributed by atoms with Crippen LogP contribution in [0.2, 0.25) is 0 Å². The number of nitrogens with one attached hydrogen (secondary N) is 1.